The number of carbonyl (C=O) groups excluding carboxylic acids is 2. The van der Waals surface area contributed by atoms with Crippen LogP contribution in [0.3, 0.4) is 0 Å². The first-order valence-corrected chi connectivity index (χ1v) is 11.6. The van der Waals surface area contributed by atoms with Gasteiger partial charge in [-0.3, -0.25) is 14.3 Å². The first-order valence-electron chi connectivity index (χ1n) is 11.6. The Hall–Kier alpha value is -3.41. The molecule has 0 radical (unpaired) electrons. The Labute approximate surface area is 195 Å². The van der Waals surface area contributed by atoms with E-state index in [-0.39, 0.29) is 11.8 Å². The third kappa shape index (κ3) is 4.85. The van der Waals surface area contributed by atoms with Gasteiger partial charge in [0.25, 0.3) is 5.91 Å². The zero-order valence-corrected chi connectivity index (χ0v) is 19.7. The molecule has 1 aliphatic rings. The number of benzene rings is 2. The number of likely N-dealkylation sites (tertiary alicyclic amines) is 1. The van der Waals surface area contributed by atoms with E-state index in [0.29, 0.717) is 31.6 Å². The Morgan fingerprint density at radius 1 is 1.03 bits per heavy atom. The molecule has 2 heterocycles. The van der Waals surface area contributed by atoms with Crippen LogP contribution in [0.2, 0.25) is 0 Å². The smallest absolute Gasteiger partial charge is 0.274 e. The second-order valence-electron chi connectivity index (χ2n) is 9.16. The van der Waals surface area contributed by atoms with E-state index in [0.717, 1.165) is 29.7 Å². The summed E-state index contributed by atoms with van der Waals surface area (Å²) in [5.74, 6) is -0.0317. The van der Waals surface area contributed by atoms with E-state index in [2.05, 4.69) is 42.4 Å². The molecule has 2 aromatic carbocycles. The predicted molar refractivity (Wildman–Crippen MR) is 130 cm³/mol. The van der Waals surface area contributed by atoms with Gasteiger partial charge < -0.3 is 9.80 Å². The van der Waals surface area contributed by atoms with Crippen molar-refractivity contribution in [3.63, 3.8) is 0 Å². The summed E-state index contributed by atoms with van der Waals surface area (Å²) in [6, 6.07) is 20.4. The third-order valence-electron chi connectivity index (χ3n) is 6.39. The first kappa shape index (κ1) is 22.8. The van der Waals surface area contributed by atoms with Crippen LogP contribution in [0.15, 0.2) is 66.9 Å². The van der Waals surface area contributed by atoms with E-state index in [1.165, 1.54) is 0 Å². The quantitative estimate of drug-likeness (QED) is 0.551. The van der Waals surface area contributed by atoms with Gasteiger partial charge in [-0.2, -0.15) is 5.10 Å². The van der Waals surface area contributed by atoms with Crippen molar-refractivity contribution in [1.82, 2.24) is 19.6 Å². The van der Waals surface area contributed by atoms with E-state index in [9.17, 15) is 9.59 Å². The Balaban J connectivity index is 1.58. The number of nitrogens with zero attached hydrogens (tertiary/aromatic N) is 4. The molecule has 1 aromatic heterocycles. The minimum atomic E-state index is -0.638. The van der Waals surface area contributed by atoms with Gasteiger partial charge in [-0.05, 0) is 42.0 Å². The molecule has 3 aromatic rings. The number of amides is 2. The lowest BCUT2D eigenvalue weighted by molar-refractivity contribution is -0.138. The fourth-order valence-corrected chi connectivity index (χ4v) is 4.79. The average Bonchev–Trinajstić information content (AvgIpc) is 3.47. The van der Waals surface area contributed by atoms with Crippen molar-refractivity contribution in [3.8, 4) is 11.1 Å². The van der Waals surface area contributed by atoms with Crippen LogP contribution in [0.5, 0.6) is 0 Å². The molecule has 0 spiro atoms. The van der Waals surface area contributed by atoms with Crippen LogP contribution in [0.25, 0.3) is 11.1 Å². The van der Waals surface area contributed by atoms with Gasteiger partial charge in [0, 0.05) is 39.9 Å². The predicted octanol–water partition coefficient (Wildman–Crippen LogP) is 4.12. The average molecular weight is 445 g/mol. The summed E-state index contributed by atoms with van der Waals surface area (Å²) in [6.45, 7) is 3.82. The number of hydrogen-bond acceptors (Lipinski definition) is 3. The van der Waals surface area contributed by atoms with E-state index in [1.807, 2.05) is 30.5 Å². The molecule has 1 saturated heterocycles. The van der Waals surface area contributed by atoms with Gasteiger partial charge in [0.1, 0.15) is 5.69 Å². The number of aromatic nitrogens is 2. The SMILES string of the molecule is CCCn1ccc(C(=O)N2CC[C@@](Cc3cccc(-c4ccccc4)c3)(C(=O)N(C)C)C2)n1. The molecular weight excluding hydrogens is 412 g/mol. The fraction of sp³-hybridized carbons (Fsp3) is 0.370. The summed E-state index contributed by atoms with van der Waals surface area (Å²) in [4.78, 5) is 30.0. The number of carbonyl (C=O) groups is 2. The van der Waals surface area contributed by atoms with Crippen molar-refractivity contribution in [2.75, 3.05) is 27.2 Å². The maximum Gasteiger partial charge on any atom is 0.274 e. The molecular formula is C27H32N4O2. The van der Waals surface area contributed by atoms with Gasteiger partial charge in [0.15, 0.2) is 0 Å². The Bertz CT molecular complexity index is 1120. The van der Waals surface area contributed by atoms with Gasteiger partial charge in [0.2, 0.25) is 5.91 Å². The van der Waals surface area contributed by atoms with Crippen molar-refractivity contribution in [3.05, 3.63) is 78.1 Å². The summed E-state index contributed by atoms with van der Waals surface area (Å²) in [5, 5.41) is 4.43. The molecule has 2 amide bonds. The van der Waals surface area contributed by atoms with Gasteiger partial charge in [-0.1, -0.05) is 61.5 Å². The molecule has 4 rings (SSSR count). The maximum absolute atomic E-state index is 13.4. The van der Waals surface area contributed by atoms with Crippen LogP contribution >= 0.6 is 0 Å². The summed E-state index contributed by atoms with van der Waals surface area (Å²) in [6.07, 6.45) is 4.04. The van der Waals surface area contributed by atoms with Gasteiger partial charge >= 0.3 is 0 Å². The summed E-state index contributed by atoms with van der Waals surface area (Å²) in [7, 11) is 3.59. The lowest BCUT2D eigenvalue weighted by Crippen LogP contribution is -2.44. The van der Waals surface area contributed by atoms with E-state index in [4.69, 9.17) is 0 Å². The Morgan fingerprint density at radius 3 is 2.52 bits per heavy atom. The molecule has 33 heavy (non-hydrogen) atoms. The number of hydrogen-bond donors (Lipinski definition) is 0. The highest BCUT2D eigenvalue weighted by molar-refractivity contribution is 5.93. The standard InChI is InChI=1S/C27H32N4O2/c1-4-15-31-16-13-24(28-31)25(32)30-17-14-27(20-30,26(33)29(2)3)19-21-9-8-12-23(18-21)22-10-6-5-7-11-22/h5-13,16,18H,4,14-15,17,19-20H2,1-3H3/t27-/m0/s1. The van der Waals surface area contributed by atoms with Crippen molar-refractivity contribution in [2.24, 2.45) is 5.41 Å². The molecule has 1 fully saturated rings. The van der Waals surface area contributed by atoms with Crippen molar-refractivity contribution in [1.29, 1.82) is 0 Å². The molecule has 0 N–H and O–H groups in total. The lowest BCUT2D eigenvalue weighted by Gasteiger charge is -2.31. The van der Waals surface area contributed by atoms with E-state index in [1.54, 1.807) is 34.6 Å². The van der Waals surface area contributed by atoms with E-state index < -0.39 is 5.41 Å². The molecule has 6 heteroatoms. The van der Waals surface area contributed by atoms with Crippen molar-refractivity contribution in [2.45, 2.75) is 32.7 Å². The van der Waals surface area contributed by atoms with Crippen LogP contribution in [0, 0.1) is 5.41 Å². The van der Waals surface area contributed by atoms with Crippen LogP contribution < -0.4 is 0 Å². The van der Waals surface area contributed by atoms with Gasteiger partial charge in [0.05, 0.1) is 5.41 Å². The topological polar surface area (TPSA) is 58.4 Å². The van der Waals surface area contributed by atoms with Crippen LogP contribution in [-0.4, -0.2) is 58.6 Å². The molecule has 1 atom stereocenters. The van der Waals surface area contributed by atoms with Crippen LogP contribution in [0.4, 0.5) is 0 Å². The molecule has 0 bridgehead atoms. The zero-order chi connectivity index (χ0) is 23.4. The third-order valence-corrected chi connectivity index (χ3v) is 6.39. The van der Waals surface area contributed by atoms with Crippen LogP contribution in [0.1, 0.15) is 35.8 Å². The lowest BCUT2D eigenvalue weighted by atomic mass is 9.79. The largest absolute Gasteiger partial charge is 0.348 e. The highest BCUT2D eigenvalue weighted by Gasteiger charge is 2.47. The second kappa shape index (κ2) is 9.61. The Morgan fingerprint density at radius 2 is 1.79 bits per heavy atom. The zero-order valence-electron chi connectivity index (χ0n) is 19.7. The fourth-order valence-electron chi connectivity index (χ4n) is 4.79. The van der Waals surface area contributed by atoms with Crippen LogP contribution in [-0.2, 0) is 17.8 Å². The van der Waals surface area contributed by atoms with Crippen molar-refractivity contribution < 1.29 is 9.59 Å². The summed E-state index contributed by atoms with van der Waals surface area (Å²) < 4.78 is 1.80. The Kier molecular flexibility index (Phi) is 6.63. The maximum atomic E-state index is 13.4. The second-order valence-corrected chi connectivity index (χ2v) is 9.16. The van der Waals surface area contributed by atoms with Gasteiger partial charge in [-0.15, -0.1) is 0 Å². The molecule has 6 nitrogen and oxygen atoms in total. The molecule has 1 aliphatic heterocycles. The minimum Gasteiger partial charge on any atom is -0.348 e. The summed E-state index contributed by atoms with van der Waals surface area (Å²) in [5.41, 5.74) is 3.20. The number of rotatable bonds is 7. The first-order chi connectivity index (χ1) is 15.9. The van der Waals surface area contributed by atoms with Gasteiger partial charge in [-0.25, -0.2) is 0 Å². The minimum absolute atomic E-state index is 0.0689. The molecule has 0 saturated carbocycles. The highest BCUT2D eigenvalue weighted by atomic mass is 16.2. The number of aryl methyl sites for hydroxylation is 1. The molecule has 0 aliphatic carbocycles. The molecule has 172 valence electrons. The van der Waals surface area contributed by atoms with Crippen molar-refractivity contribution >= 4 is 11.8 Å². The molecule has 0 unspecified atom stereocenters. The summed E-state index contributed by atoms with van der Waals surface area (Å²) >= 11 is 0. The highest BCUT2D eigenvalue weighted by Crippen LogP contribution is 2.37. The normalized spacial score (nSPS) is 17.8. The monoisotopic (exact) mass is 444 g/mol. The van der Waals surface area contributed by atoms with E-state index >= 15 is 0 Å².